The highest BCUT2D eigenvalue weighted by atomic mass is 35.5. The van der Waals surface area contributed by atoms with Gasteiger partial charge in [-0.05, 0) is 24.3 Å². The summed E-state index contributed by atoms with van der Waals surface area (Å²) in [5, 5.41) is 11.4. The van der Waals surface area contributed by atoms with Crippen LogP contribution in [0.5, 0.6) is 0 Å². The molecule has 6 nitrogen and oxygen atoms in total. The van der Waals surface area contributed by atoms with Crippen molar-refractivity contribution in [1.29, 1.82) is 0 Å². The van der Waals surface area contributed by atoms with Gasteiger partial charge in [-0.2, -0.15) is 23.5 Å². The summed E-state index contributed by atoms with van der Waals surface area (Å²) in [6.45, 7) is 1.24. The number of rotatable bonds is 14. The lowest BCUT2D eigenvalue weighted by Crippen LogP contribution is -2.30. The van der Waals surface area contributed by atoms with Crippen LogP contribution in [-0.2, 0) is 21.3 Å². The number of hydrogen-bond donors (Lipinski definition) is 2. The van der Waals surface area contributed by atoms with Gasteiger partial charge in [-0.1, -0.05) is 29.8 Å². The van der Waals surface area contributed by atoms with Crippen LogP contribution in [0.2, 0.25) is 5.02 Å². The number of halogens is 1. The Hall–Kier alpha value is -1.72. The number of benzene rings is 1. The predicted octanol–water partition coefficient (Wildman–Crippen LogP) is 4.81. The maximum atomic E-state index is 12.8. The van der Waals surface area contributed by atoms with Crippen molar-refractivity contribution in [2.24, 2.45) is 0 Å². The minimum absolute atomic E-state index is 0.267. The molecular formula is C22H25ClN4O2S4. The molecule has 0 aliphatic rings. The minimum Gasteiger partial charge on any atom is -0.370 e. The molecule has 176 valence electrons. The summed E-state index contributed by atoms with van der Waals surface area (Å²) in [4.78, 5) is 8.83. The van der Waals surface area contributed by atoms with Crippen molar-refractivity contribution in [2.45, 2.75) is 16.4 Å². The Labute approximate surface area is 212 Å². The van der Waals surface area contributed by atoms with Gasteiger partial charge in [0.05, 0.1) is 21.0 Å². The third kappa shape index (κ3) is 9.21. The lowest BCUT2D eigenvalue weighted by Gasteiger charge is -2.14. The molecule has 0 atom stereocenters. The highest BCUT2D eigenvalue weighted by molar-refractivity contribution is 7.98. The second-order valence-corrected chi connectivity index (χ2v) is 12.1. The molecule has 0 saturated heterocycles. The molecule has 2 N–H and O–H groups in total. The highest BCUT2D eigenvalue weighted by Gasteiger charge is 2.12. The molecule has 11 heteroatoms. The van der Waals surface area contributed by atoms with Crippen molar-refractivity contribution >= 4 is 56.3 Å². The second-order valence-electron chi connectivity index (χ2n) is 6.71. The van der Waals surface area contributed by atoms with E-state index in [9.17, 15) is 8.42 Å². The fourth-order valence-corrected chi connectivity index (χ4v) is 6.47. The summed E-state index contributed by atoms with van der Waals surface area (Å²) in [5.74, 6) is 3.64. The molecule has 3 aromatic rings. The molecule has 3 rings (SSSR count). The van der Waals surface area contributed by atoms with E-state index < -0.39 is 9.84 Å². The molecule has 0 aliphatic heterocycles. The van der Waals surface area contributed by atoms with Crippen molar-refractivity contribution in [3.63, 3.8) is 0 Å². The smallest absolute Gasteiger partial charge is 0.203 e. The number of sulfone groups is 1. The maximum absolute atomic E-state index is 12.8. The van der Waals surface area contributed by atoms with Gasteiger partial charge in [-0.3, -0.25) is 4.98 Å². The van der Waals surface area contributed by atoms with Gasteiger partial charge < -0.3 is 10.6 Å². The first-order valence-corrected chi connectivity index (χ1v) is 15.3. The summed E-state index contributed by atoms with van der Waals surface area (Å²) in [6, 6.07) is 12.1. The zero-order chi connectivity index (χ0) is 23.4. The van der Waals surface area contributed by atoms with E-state index >= 15 is 0 Å². The third-order valence-corrected chi connectivity index (χ3v) is 8.97. The number of thiazole rings is 1. The van der Waals surface area contributed by atoms with E-state index in [4.69, 9.17) is 11.6 Å². The fourth-order valence-electron chi connectivity index (χ4n) is 2.67. The van der Waals surface area contributed by atoms with Crippen LogP contribution in [0.3, 0.4) is 0 Å². The zero-order valence-electron chi connectivity index (χ0n) is 17.8. The Bertz CT molecular complexity index is 1110. The average Bonchev–Trinajstić information content (AvgIpc) is 3.33. The third-order valence-electron chi connectivity index (χ3n) is 4.25. The predicted molar refractivity (Wildman–Crippen MR) is 141 cm³/mol. The molecule has 0 radical (unpaired) electrons. The highest BCUT2D eigenvalue weighted by Crippen LogP contribution is 2.18. The van der Waals surface area contributed by atoms with Crippen LogP contribution in [0.25, 0.3) is 0 Å². The van der Waals surface area contributed by atoms with Crippen LogP contribution in [0.15, 0.2) is 76.4 Å². The Morgan fingerprint density at radius 2 is 1.70 bits per heavy atom. The van der Waals surface area contributed by atoms with Gasteiger partial charge in [-0.15, -0.1) is 11.3 Å². The standard InChI is InChI=1S/C22H25ClN4O2S4/c23-19-7-4-8-24-20(19)15-30-12-9-25-21(17-33(28,29)18-5-2-1-3-6-18)26-10-13-31-16-22-27-11-14-32-22/h1-8,11,14,17,25-26H,9-10,12-13,15-16H2. The van der Waals surface area contributed by atoms with E-state index in [1.54, 1.807) is 77.6 Å². The quantitative estimate of drug-likeness (QED) is 0.282. The lowest BCUT2D eigenvalue weighted by molar-refractivity contribution is 0.603. The molecule has 0 aliphatic carbocycles. The van der Waals surface area contributed by atoms with Crippen LogP contribution in [0.4, 0.5) is 0 Å². The van der Waals surface area contributed by atoms with E-state index in [0.717, 1.165) is 28.0 Å². The Morgan fingerprint density at radius 1 is 0.970 bits per heavy atom. The number of pyridine rings is 1. The van der Waals surface area contributed by atoms with Crippen molar-refractivity contribution in [2.75, 3.05) is 24.6 Å². The van der Waals surface area contributed by atoms with Crippen molar-refractivity contribution in [3.05, 3.63) is 87.2 Å². The number of nitrogens with zero attached hydrogens (tertiary/aromatic N) is 2. The first-order valence-electron chi connectivity index (χ1n) is 10.2. The zero-order valence-corrected chi connectivity index (χ0v) is 21.8. The van der Waals surface area contributed by atoms with Gasteiger partial charge in [0.15, 0.2) is 0 Å². The summed E-state index contributed by atoms with van der Waals surface area (Å²) < 4.78 is 25.6. The number of nitrogens with one attached hydrogen (secondary N) is 2. The summed E-state index contributed by atoms with van der Waals surface area (Å²) in [5.41, 5.74) is 0.849. The molecule has 0 unspecified atom stereocenters. The number of aromatic nitrogens is 2. The Morgan fingerprint density at radius 3 is 2.36 bits per heavy atom. The first-order chi connectivity index (χ1) is 16.0. The van der Waals surface area contributed by atoms with Crippen molar-refractivity contribution in [1.82, 2.24) is 20.6 Å². The lowest BCUT2D eigenvalue weighted by atomic mass is 10.4. The van der Waals surface area contributed by atoms with Gasteiger partial charge in [-0.25, -0.2) is 13.4 Å². The number of hydrogen-bond acceptors (Lipinski definition) is 9. The van der Waals surface area contributed by atoms with Crippen LogP contribution < -0.4 is 10.6 Å². The minimum atomic E-state index is -3.57. The van der Waals surface area contributed by atoms with E-state index in [0.29, 0.717) is 29.7 Å². The SMILES string of the molecule is O=S(=O)(C=C(NCCSCc1nccs1)NCCSCc1ncccc1Cl)c1ccccc1. The van der Waals surface area contributed by atoms with Gasteiger partial charge in [0.25, 0.3) is 0 Å². The van der Waals surface area contributed by atoms with Crippen molar-refractivity contribution in [3.8, 4) is 0 Å². The summed E-state index contributed by atoms with van der Waals surface area (Å²) in [7, 11) is -3.57. The molecule has 0 fully saturated rings. The summed E-state index contributed by atoms with van der Waals surface area (Å²) in [6.07, 6.45) is 3.53. The largest absolute Gasteiger partial charge is 0.370 e. The van der Waals surface area contributed by atoms with Gasteiger partial charge in [0.1, 0.15) is 10.8 Å². The van der Waals surface area contributed by atoms with Crippen LogP contribution in [0, 0.1) is 0 Å². The molecular weight excluding hydrogens is 516 g/mol. The molecule has 2 aromatic heterocycles. The van der Waals surface area contributed by atoms with E-state index in [1.807, 2.05) is 17.5 Å². The Kier molecular flexibility index (Phi) is 10.9. The molecule has 0 saturated carbocycles. The molecule has 33 heavy (non-hydrogen) atoms. The van der Waals surface area contributed by atoms with E-state index in [2.05, 4.69) is 20.6 Å². The van der Waals surface area contributed by atoms with Crippen LogP contribution in [0.1, 0.15) is 10.7 Å². The molecule has 0 amide bonds. The molecule has 0 bridgehead atoms. The molecule has 0 spiro atoms. The fraction of sp³-hybridized carbons (Fsp3) is 0.273. The first kappa shape index (κ1) is 25.9. The molecule has 2 heterocycles. The molecule has 1 aromatic carbocycles. The monoisotopic (exact) mass is 540 g/mol. The maximum Gasteiger partial charge on any atom is 0.203 e. The summed E-state index contributed by atoms with van der Waals surface area (Å²) >= 11 is 11.2. The average molecular weight is 541 g/mol. The van der Waals surface area contributed by atoms with Gasteiger partial charge in [0.2, 0.25) is 9.84 Å². The number of thioether (sulfide) groups is 2. The topological polar surface area (TPSA) is 84.0 Å². The van der Waals surface area contributed by atoms with E-state index in [-0.39, 0.29) is 4.90 Å². The van der Waals surface area contributed by atoms with Gasteiger partial charge in [0, 0.05) is 53.9 Å². The second kappa shape index (κ2) is 13.9. The van der Waals surface area contributed by atoms with Gasteiger partial charge >= 0.3 is 0 Å². The normalized spacial score (nSPS) is 12.0. The van der Waals surface area contributed by atoms with Crippen LogP contribution >= 0.6 is 46.5 Å². The van der Waals surface area contributed by atoms with E-state index in [1.165, 1.54) is 5.41 Å². The van der Waals surface area contributed by atoms with Crippen molar-refractivity contribution < 1.29 is 8.42 Å². The van der Waals surface area contributed by atoms with Crippen LogP contribution in [-0.4, -0.2) is 43.0 Å². The Balaban J connectivity index is 1.52.